The molecule has 2 aromatic carbocycles. The molecule has 0 aliphatic rings. The van der Waals surface area contributed by atoms with Crippen LogP contribution in [0.1, 0.15) is 27.1 Å². The minimum Gasteiger partial charge on any atom is -0.0835 e. The van der Waals surface area contributed by atoms with Crippen LogP contribution in [-0.4, -0.2) is 0 Å². The fourth-order valence-electron chi connectivity index (χ4n) is 2.04. The van der Waals surface area contributed by atoms with Gasteiger partial charge in [-0.3, -0.25) is 0 Å². The highest BCUT2D eigenvalue weighted by molar-refractivity contribution is 9.10. The molecule has 3 heteroatoms. The van der Waals surface area contributed by atoms with E-state index in [1.807, 2.05) is 12.1 Å². The highest BCUT2D eigenvalue weighted by atomic mass is 79.9. The molecule has 0 saturated heterocycles. The van der Waals surface area contributed by atoms with Gasteiger partial charge >= 0.3 is 0 Å². The topological polar surface area (TPSA) is 0 Å². The lowest BCUT2D eigenvalue weighted by atomic mass is 9.99. The van der Waals surface area contributed by atoms with Crippen molar-refractivity contribution in [3.63, 3.8) is 0 Å². The Kier molecular flexibility index (Phi) is 5.10. The minimum absolute atomic E-state index is 0.276. The molecule has 0 radical (unpaired) electrons. The molecule has 0 fully saturated rings. The van der Waals surface area contributed by atoms with Crippen LogP contribution in [-0.2, 0) is 6.42 Å². The Balaban J connectivity index is 2.22. The van der Waals surface area contributed by atoms with Crippen LogP contribution in [0, 0.1) is 13.8 Å². The van der Waals surface area contributed by atoms with Gasteiger partial charge in [0.2, 0.25) is 0 Å². The zero-order valence-corrected chi connectivity index (χ0v) is 14.8. The van der Waals surface area contributed by atoms with Crippen LogP contribution in [0.15, 0.2) is 40.9 Å². The molecule has 100 valence electrons. The first-order chi connectivity index (χ1) is 8.97. The molecular weight excluding hydrogens is 387 g/mol. The summed E-state index contributed by atoms with van der Waals surface area (Å²) in [6.07, 6.45) is 0.964. The van der Waals surface area contributed by atoms with Gasteiger partial charge in [-0.05, 0) is 65.0 Å². The lowest BCUT2D eigenvalue weighted by Gasteiger charge is -2.14. The Morgan fingerprint density at radius 3 is 2.53 bits per heavy atom. The molecule has 2 rings (SSSR count). The van der Waals surface area contributed by atoms with Crippen molar-refractivity contribution in [1.29, 1.82) is 0 Å². The third-order valence-electron chi connectivity index (χ3n) is 3.21. The quantitative estimate of drug-likeness (QED) is 0.521. The summed E-state index contributed by atoms with van der Waals surface area (Å²) in [6.45, 7) is 4.28. The predicted octanol–water partition coefficient (Wildman–Crippen LogP) is 6.40. The maximum atomic E-state index is 6.15. The van der Waals surface area contributed by atoms with Crippen LogP contribution in [0.3, 0.4) is 0 Å². The molecular formula is C16H15Br2Cl. The zero-order chi connectivity index (χ0) is 14.0. The Labute approximate surface area is 136 Å². The lowest BCUT2D eigenvalue weighted by molar-refractivity contribution is 0.936. The molecule has 2 aromatic rings. The van der Waals surface area contributed by atoms with Gasteiger partial charge in [0.1, 0.15) is 0 Å². The van der Waals surface area contributed by atoms with Crippen molar-refractivity contribution in [3.05, 3.63) is 68.1 Å². The van der Waals surface area contributed by atoms with E-state index in [1.165, 1.54) is 22.3 Å². The zero-order valence-electron chi connectivity index (χ0n) is 10.9. The number of hydrogen-bond acceptors (Lipinski definition) is 0. The fraction of sp³-hybridized carbons (Fsp3) is 0.250. The molecule has 0 saturated carbocycles. The monoisotopic (exact) mass is 400 g/mol. The summed E-state index contributed by atoms with van der Waals surface area (Å²) >= 11 is 13.3. The van der Waals surface area contributed by atoms with Crippen LogP contribution in [0.4, 0.5) is 0 Å². The first-order valence-corrected chi connectivity index (χ1v) is 8.21. The van der Waals surface area contributed by atoms with Crippen molar-refractivity contribution in [3.8, 4) is 0 Å². The highest BCUT2D eigenvalue weighted by Gasteiger charge is 2.11. The Morgan fingerprint density at radius 2 is 1.84 bits per heavy atom. The summed E-state index contributed by atoms with van der Waals surface area (Å²) in [5, 5.41) is 0.753. The van der Waals surface area contributed by atoms with Crippen LogP contribution in [0.2, 0.25) is 5.02 Å². The Morgan fingerprint density at radius 1 is 1.11 bits per heavy atom. The van der Waals surface area contributed by atoms with Gasteiger partial charge in [0.15, 0.2) is 0 Å². The summed E-state index contributed by atoms with van der Waals surface area (Å²) < 4.78 is 0.935. The van der Waals surface area contributed by atoms with E-state index in [-0.39, 0.29) is 4.83 Å². The number of alkyl halides is 1. The second-order valence-electron chi connectivity index (χ2n) is 4.78. The van der Waals surface area contributed by atoms with E-state index in [0.717, 1.165) is 15.9 Å². The summed E-state index contributed by atoms with van der Waals surface area (Å²) in [5.74, 6) is 0. The number of hydrogen-bond donors (Lipinski definition) is 0. The van der Waals surface area contributed by atoms with Crippen LogP contribution in [0.5, 0.6) is 0 Å². The first kappa shape index (κ1) is 15.1. The van der Waals surface area contributed by atoms with Crippen LogP contribution < -0.4 is 0 Å². The van der Waals surface area contributed by atoms with E-state index >= 15 is 0 Å². The van der Waals surface area contributed by atoms with Crippen LogP contribution >= 0.6 is 43.5 Å². The maximum Gasteiger partial charge on any atom is 0.0551 e. The van der Waals surface area contributed by atoms with Gasteiger partial charge in [-0.1, -0.05) is 57.4 Å². The molecule has 0 nitrogen and oxygen atoms in total. The maximum absolute atomic E-state index is 6.15. The number of aryl methyl sites for hydroxylation is 2. The lowest BCUT2D eigenvalue weighted by Crippen LogP contribution is -1.98. The normalized spacial score (nSPS) is 12.5. The van der Waals surface area contributed by atoms with Crippen LogP contribution in [0.25, 0.3) is 0 Å². The second kappa shape index (κ2) is 6.43. The molecule has 0 aliphatic carbocycles. The molecule has 0 aliphatic heterocycles. The molecule has 0 N–H and O–H groups in total. The highest BCUT2D eigenvalue weighted by Crippen LogP contribution is 2.32. The third kappa shape index (κ3) is 3.84. The van der Waals surface area contributed by atoms with Crippen molar-refractivity contribution in [2.45, 2.75) is 25.1 Å². The van der Waals surface area contributed by atoms with E-state index in [9.17, 15) is 0 Å². The summed E-state index contributed by atoms with van der Waals surface area (Å²) in [5.41, 5.74) is 5.21. The van der Waals surface area contributed by atoms with Gasteiger partial charge in [0.05, 0.1) is 5.02 Å². The molecule has 0 heterocycles. The van der Waals surface area contributed by atoms with Crippen molar-refractivity contribution in [2.24, 2.45) is 0 Å². The molecule has 1 unspecified atom stereocenters. The van der Waals surface area contributed by atoms with Crippen molar-refractivity contribution in [2.75, 3.05) is 0 Å². The van der Waals surface area contributed by atoms with E-state index in [2.05, 4.69) is 70.0 Å². The predicted molar refractivity (Wildman–Crippen MR) is 90.4 cm³/mol. The fourth-order valence-corrected chi connectivity index (χ4v) is 3.11. The van der Waals surface area contributed by atoms with Crippen molar-refractivity contribution < 1.29 is 0 Å². The summed E-state index contributed by atoms with van der Waals surface area (Å²) in [7, 11) is 0. The molecule has 0 spiro atoms. The van der Waals surface area contributed by atoms with Gasteiger partial charge in [-0.2, -0.15) is 0 Å². The average molecular weight is 403 g/mol. The SMILES string of the molecule is Cc1ccc(C)c(CC(Br)c2ccc(Br)c(Cl)c2)c1. The van der Waals surface area contributed by atoms with Crippen molar-refractivity contribution in [1.82, 2.24) is 0 Å². The minimum atomic E-state index is 0.276. The average Bonchev–Trinajstić information content (AvgIpc) is 2.37. The van der Waals surface area contributed by atoms with E-state index in [1.54, 1.807) is 0 Å². The third-order valence-corrected chi connectivity index (χ3v) is 5.29. The molecule has 0 aromatic heterocycles. The number of halogens is 3. The summed E-state index contributed by atoms with van der Waals surface area (Å²) in [4.78, 5) is 0.276. The number of benzene rings is 2. The Bertz CT molecular complexity index is 593. The molecule has 1 atom stereocenters. The van der Waals surface area contributed by atoms with Gasteiger partial charge in [-0.25, -0.2) is 0 Å². The van der Waals surface area contributed by atoms with Gasteiger partial charge in [0.25, 0.3) is 0 Å². The van der Waals surface area contributed by atoms with Gasteiger partial charge in [0, 0.05) is 9.30 Å². The van der Waals surface area contributed by atoms with E-state index in [4.69, 9.17) is 11.6 Å². The Hall–Kier alpha value is -0.310. The molecule has 19 heavy (non-hydrogen) atoms. The molecule has 0 amide bonds. The number of rotatable bonds is 3. The van der Waals surface area contributed by atoms with E-state index < -0.39 is 0 Å². The molecule has 0 bridgehead atoms. The standard InChI is InChI=1S/C16H15Br2Cl/c1-10-3-4-11(2)13(7-10)8-15(18)12-5-6-14(17)16(19)9-12/h3-7,9,15H,8H2,1-2H3. The second-order valence-corrected chi connectivity index (χ2v) is 7.14. The largest absolute Gasteiger partial charge is 0.0835 e. The smallest absolute Gasteiger partial charge is 0.0551 e. The van der Waals surface area contributed by atoms with Crippen molar-refractivity contribution >= 4 is 43.5 Å². The first-order valence-electron chi connectivity index (χ1n) is 6.12. The van der Waals surface area contributed by atoms with Gasteiger partial charge in [-0.15, -0.1) is 0 Å². The van der Waals surface area contributed by atoms with Gasteiger partial charge < -0.3 is 0 Å². The van der Waals surface area contributed by atoms with E-state index in [0.29, 0.717) is 0 Å². The summed E-state index contributed by atoms with van der Waals surface area (Å²) in [6, 6.07) is 12.7.